The zero-order chi connectivity index (χ0) is 36.6. The molecule has 2 atom stereocenters. The summed E-state index contributed by atoms with van der Waals surface area (Å²) in [4.78, 5) is 22.4. The molecule has 0 aliphatic heterocycles. The second kappa shape index (κ2) is 39.4. The highest BCUT2D eigenvalue weighted by Crippen LogP contribution is 2.43. The highest BCUT2D eigenvalue weighted by atomic mass is 31.2. The lowest BCUT2D eigenvalue weighted by molar-refractivity contribution is -0.154. The summed E-state index contributed by atoms with van der Waals surface area (Å²) in [5.41, 5.74) is 5.36. The molecule has 0 aromatic carbocycles. The van der Waals surface area contributed by atoms with Crippen molar-refractivity contribution in [3.8, 4) is 0 Å². The first-order valence-electron chi connectivity index (χ1n) is 21.2. The molecule has 3 N–H and O–H groups in total. The van der Waals surface area contributed by atoms with Crippen molar-refractivity contribution in [2.45, 2.75) is 213 Å². The van der Waals surface area contributed by atoms with Gasteiger partial charge < -0.3 is 20.1 Å². The van der Waals surface area contributed by atoms with Gasteiger partial charge in [-0.25, -0.2) is 4.57 Å². The van der Waals surface area contributed by atoms with Crippen LogP contribution in [0.4, 0.5) is 0 Å². The van der Waals surface area contributed by atoms with Crippen LogP contribution in [0.25, 0.3) is 0 Å². The minimum absolute atomic E-state index is 0.0940. The Morgan fingerprint density at radius 1 is 0.580 bits per heavy atom. The van der Waals surface area contributed by atoms with Crippen LogP contribution < -0.4 is 5.73 Å². The van der Waals surface area contributed by atoms with Gasteiger partial charge in [0.25, 0.3) is 0 Å². The predicted molar refractivity (Wildman–Crippen MR) is 210 cm³/mol. The minimum atomic E-state index is -4.27. The van der Waals surface area contributed by atoms with E-state index in [9.17, 15) is 14.3 Å². The van der Waals surface area contributed by atoms with Crippen molar-refractivity contribution in [3.63, 3.8) is 0 Å². The maximum atomic E-state index is 12.5. The van der Waals surface area contributed by atoms with E-state index < -0.39 is 13.9 Å². The number of carbonyl (C=O) groups excluding carboxylic acids is 1. The Bertz CT molecular complexity index is 782. The lowest BCUT2D eigenvalue weighted by Gasteiger charge is -2.20. The fourth-order valence-corrected chi connectivity index (χ4v) is 6.82. The van der Waals surface area contributed by atoms with E-state index in [1.807, 2.05) is 0 Å². The van der Waals surface area contributed by atoms with Crippen LogP contribution >= 0.6 is 7.82 Å². The number of ether oxygens (including phenoxy) is 2. The van der Waals surface area contributed by atoms with Gasteiger partial charge in [0.1, 0.15) is 6.10 Å². The number of nitrogens with two attached hydrogens (primary N) is 1. The Balaban J connectivity index is 3.89. The smallest absolute Gasteiger partial charge is 0.457 e. The highest BCUT2D eigenvalue weighted by Gasteiger charge is 2.25. The Labute approximate surface area is 309 Å². The van der Waals surface area contributed by atoms with Gasteiger partial charge in [-0.05, 0) is 32.1 Å². The molecular formula is C41H82NO7P. The van der Waals surface area contributed by atoms with Crippen molar-refractivity contribution in [2.75, 3.05) is 33.0 Å². The number of carbonyl (C=O) groups is 1. The molecule has 0 amide bonds. The third-order valence-corrected chi connectivity index (χ3v) is 10.1. The van der Waals surface area contributed by atoms with Gasteiger partial charge in [0, 0.05) is 19.6 Å². The predicted octanol–water partition coefficient (Wildman–Crippen LogP) is 12.3. The SMILES string of the molecule is CCC/C=C\CCCCCCCC(=O)OC(COCCCCCCCCCCCCCCCCCCCCCCC)COP(=O)(O)OCCN. The molecule has 0 aromatic heterocycles. The quantitative estimate of drug-likeness (QED) is 0.0276. The van der Waals surface area contributed by atoms with Crippen molar-refractivity contribution in [2.24, 2.45) is 5.73 Å². The van der Waals surface area contributed by atoms with E-state index in [2.05, 4.69) is 26.0 Å². The van der Waals surface area contributed by atoms with Crippen LogP contribution in [-0.4, -0.2) is 49.9 Å². The van der Waals surface area contributed by atoms with Gasteiger partial charge in [0.2, 0.25) is 0 Å². The number of unbranched alkanes of at least 4 members (excludes halogenated alkanes) is 26. The van der Waals surface area contributed by atoms with Gasteiger partial charge in [0.05, 0.1) is 19.8 Å². The topological polar surface area (TPSA) is 117 Å². The summed E-state index contributed by atoms with van der Waals surface area (Å²) < 4.78 is 33.3. The maximum absolute atomic E-state index is 12.5. The summed E-state index contributed by atoms with van der Waals surface area (Å²) in [6, 6.07) is 0. The molecule has 0 aromatic rings. The Morgan fingerprint density at radius 3 is 1.54 bits per heavy atom. The van der Waals surface area contributed by atoms with Crippen LogP contribution in [0.3, 0.4) is 0 Å². The molecule has 0 radical (unpaired) electrons. The summed E-state index contributed by atoms with van der Waals surface area (Å²) in [7, 11) is -4.27. The molecule has 8 nitrogen and oxygen atoms in total. The lowest BCUT2D eigenvalue weighted by Crippen LogP contribution is -2.28. The monoisotopic (exact) mass is 732 g/mol. The molecule has 0 aliphatic carbocycles. The van der Waals surface area contributed by atoms with Gasteiger partial charge in [-0.3, -0.25) is 13.8 Å². The van der Waals surface area contributed by atoms with Crippen LogP contribution in [0.1, 0.15) is 206 Å². The molecule has 50 heavy (non-hydrogen) atoms. The van der Waals surface area contributed by atoms with Crippen LogP contribution in [0.2, 0.25) is 0 Å². The molecule has 0 saturated carbocycles. The van der Waals surface area contributed by atoms with Crippen molar-refractivity contribution < 1.29 is 32.8 Å². The molecule has 0 fully saturated rings. The molecule has 0 rings (SSSR count). The number of phosphoric acid groups is 1. The van der Waals surface area contributed by atoms with Crippen LogP contribution in [-0.2, 0) is 27.9 Å². The number of hydrogen-bond acceptors (Lipinski definition) is 7. The first-order valence-corrected chi connectivity index (χ1v) is 22.7. The summed E-state index contributed by atoms with van der Waals surface area (Å²) in [6.07, 6.45) is 41.0. The normalized spacial score (nSPS) is 13.6. The number of hydrogen-bond donors (Lipinski definition) is 2. The first-order chi connectivity index (χ1) is 24.4. The number of rotatable bonds is 41. The zero-order valence-corrected chi connectivity index (χ0v) is 33.8. The standard InChI is InChI=1S/C41H82NO7P/c1-3-5-7-9-11-13-15-16-17-18-19-20-21-22-23-24-25-27-29-31-33-36-46-38-40(39-48-50(44,45)47-37-35-42)49-41(43)34-32-30-28-26-14-12-10-8-6-4-2/h8,10,40H,3-7,9,11-39,42H2,1-2H3,(H,44,45)/b10-8-. The van der Waals surface area contributed by atoms with Gasteiger partial charge >= 0.3 is 13.8 Å². The molecule has 0 heterocycles. The molecule has 2 unspecified atom stereocenters. The Hall–Kier alpha value is -0.760. The van der Waals surface area contributed by atoms with Crippen LogP contribution in [0.5, 0.6) is 0 Å². The number of esters is 1. The number of phosphoric ester groups is 1. The van der Waals surface area contributed by atoms with E-state index in [0.717, 1.165) is 51.4 Å². The van der Waals surface area contributed by atoms with Crippen LogP contribution in [0.15, 0.2) is 12.2 Å². The fraction of sp³-hybridized carbons (Fsp3) is 0.927. The lowest BCUT2D eigenvalue weighted by atomic mass is 10.0. The van der Waals surface area contributed by atoms with Gasteiger partial charge in [-0.1, -0.05) is 180 Å². The van der Waals surface area contributed by atoms with Crippen molar-refractivity contribution in [3.05, 3.63) is 12.2 Å². The summed E-state index contributed by atoms with van der Waals surface area (Å²) in [6.45, 7) is 4.88. The van der Waals surface area contributed by atoms with Gasteiger partial charge in [-0.15, -0.1) is 0 Å². The average molecular weight is 732 g/mol. The summed E-state index contributed by atoms with van der Waals surface area (Å²) in [5.74, 6) is -0.338. The van der Waals surface area contributed by atoms with E-state index in [-0.39, 0.29) is 32.3 Å². The largest absolute Gasteiger partial charge is 0.472 e. The molecule has 9 heteroatoms. The maximum Gasteiger partial charge on any atom is 0.472 e. The molecule has 0 aliphatic rings. The fourth-order valence-electron chi connectivity index (χ4n) is 6.06. The molecular weight excluding hydrogens is 649 g/mol. The average Bonchev–Trinajstić information content (AvgIpc) is 3.10. The van der Waals surface area contributed by atoms with Crippen molar-refractivity contribution >= 4 is 13.8 Å². The molecule has 0 spiro atoms. The summed E-state index contributed by atoms with van der Waals surface area (Å²) in [5, 5.41) is 0. The van der Waals surface area contributed by atoms with E-state index in [1.54, 1.807) is 0 Å². The Kier molecular flexibility index (Phi) is 38.8. The second-order valence-corrected chi connectivity index (χ2v) is 15.7. The zero-order valence-electron chi connectivity index (χ0n) is 32.9. The number of allylic oxidation sites excluding steroid dienone is 2. The third-order valence-electron chi connectivity index (χ3n) is 9.16. The Morgan fingerprint density at radius 2 is 1.04 bits per heavy atom. The van der Waals surface area contributed by atoms with Gasteiger partial charge in [0.15, 0.2) is 0 Å². The highest BCUT2D eigenvalue weighted by molar-refractivity contribution is 7.47. The minimum Gasteiger partial charge on any atom is -0.457 e. The van der Waals surface area contributed by atoms with Crippen molar-refractivity contribution in [1.82, 2.24) is 0 Å². The molecule has 298 valence electrons. The summed E-state index contributed by atoms with van der Waals surface area (Å²) >= 11 is 0. The van der Waals surface area contributed by atoms with E-state index in [4.69, 9.17) is 24.3 Å². The third kappa shape index (κ3) is 38.5. The van der Waals surface area contributed by atoms with Crippen LogP contribution in [0, 0.1) is 0 Å². The van der Waals surface area contributed by atoms with Crippen molar-refractivity contribution in [1.29, 1.82) is 0 Å². The molecule has 0 saturated heterocycles. The van der Waals surface area contributed by atoms with Gasteiger partial charge in [-0.2, -0.15) is 0 Å². The molecule has 0 bridgehead atoms. The van der Waals surface area contributed by atoms with E-state index in [0.29, 0.717) is 13.0 Å². The van der Waals surface area contributed by atoms with E-state index >= 15 is 0 Å². The second-order valence-electron chi connectivity index (χ2n) is 14.2. The first kappa shape index (κ1) is 49.2. The van der Waals surface area contributed by atoms with E-state index in [1.165, 1.54) is 135 Å².